The number of allylic oxidation sites excluding steroid dienone is 8. The molecule has 3 atom stereocenters. The second-order valence-corrected chi connectivity index (χ2v) is 9.13. The lowest BCUT2D eigenvalue weighted by Crippen LogP contribution is -2.38. The van der Waals surface area contributed by atoms with E-state index in [1.807, 2.05) is 0 Å². The maximum absolute atomic E-state index is 2.51. The van der Waals surface area contributed by atoms with Gasteiger partial charge < -0.3 is 0 Å². The number of fused-ring (bicyclic) bond motifs is 7. The van der Waals surface area contributed by atoms with Crippen molar-refractivity contribution in [2.75, 3.05) is 0 Å². The van der Waals surface area contributed by atoms with Gasteiger partial charge in [-0.3, -0.25) is 0 Å². The molecular weight excluding hydrogens is 288 g/mol. The van der Waals surface area contributed by atoms with Gasteiger partial charge >= 0.3 is 0 Å². The molecule has 3 unspecified atom stereocenters. The third-order valence-corrected chi connectivity index (χ3v) is 7.35. The first-order valence-corrected chi connectivity index (χ1v) is 9.33. The highest BCUT2D eigenvalue weighted by atomic mass is 14.6. The fourth-order valence-electron chi connectivity index (χ4n) is 6.23. The molecule has 1 fully saturated rings. The van der Waals surface area contributed by atoms with Gasteiger partial charge in [0.2, 0.25) is 0 Å². The predicted molar refractivity (Wildman–Crippen MR) is 102 cm³/mol. The lowest BCUT2D eigenvalue weighted by atomic mass is 9.60. The van der Waals surface area contributed by atoms with Crippen LogP contribution in [-0.4, -0.2) is 0 Å². The minimum absolute atomic E-state index is 0.200. The first kappa shape index (κ1) is 14.5. The van der Waals surface area contributed by atoms with Gasteiger partial charge in [-0.05, 0) is 56.9 Å². The Labute approximate surface area is 145 Å². The molecule has 0 amide bonds. The van der Waals surface area contributed by atoms with E-state index in [1.165, 1.54) is 17.5 Å². The van der Waals surface area contributed by atoms with Crippen molar-refractivity contribution in [2.24, 2.45) is 23.2 Å². The Balaban J connectivity index is 1.75. The summed E-state index contributed by atoms with van der Waals surface area (Å²) in [6.07, 6.45) is 13.1. The number of benzene rings is 1. The molecule has 0 bridgehead atoms. The third-order valence-electron chi connectivity index (χ3n) is 7.35. The average Bonchev–Trinajstić information content (AvgIpc) is 2.96. The molecule has 0 aromatic heterocycles. The molecule has 1 saturated carbocycles. The van der Waals surface area contributed by atoms with Crippen LogP contribution in [0, 0.1) is 23.2 Å². The molecule has 0 radical (unpaired) electrons. The van der Waals surface area contributed by atoms with Crippen molar-refractivity contribution in [1.29, 1.82) is 0 Å². The van der Waals surface area contributed by atoms with E-state index in [9.17, 15) is 0 Å². The smallest absolute Gasteiger partial charge is 0.00104 e. The predicted octanol–water partition coefficient (Wildman–Crippen LogP) is 6.08. The van der Waals surface area contributed by atoms with Gasteiger partial charge in [0.25, 0.3) is 0 Å². The normalized spacial score (nSPS) is 33.7. The van der Waals surface area contributed by atoms with Crippen molar-refractivity contribution < 1.29 is 0 Å². The van der Waals surface area contributed by atoms with Gasteiger partial charge in [-0.1, -0.05) is 82.3 Å². The highest BCUT2D eigenvalue weighted by Gasteiger charge is 2.58. The molecule has 4 aliphatic rings. The standard InChI is InChI=1S/C24H26/c1-23(2)19-11-7-5-9-15(19)17-13-14-18-16-10-6-8-12-20(16)24(3,4)22(18)21(17)23/h5-11,13-14,20-22H,12H2,1-4H3. The van der Waals surface area contributed by atoms with Gasteiger partial charge in [0.05, 0.1) is 0 Å². The minimum Gasteiger partial charge on any atom is -0.0839 e. The van der Waals surface area contributed by atoms with Crippen LogP contribution in [-0.2, 0) is 5.41 Å². The molecule has 1 aromatic rings. The molecular formula is C24H26. The maximum Gasteiger partial charge on any atom is 0.00104 e. The van der Waals surface area contributed by atoms with Crippen molar-refractivity contribution in [1.82, 2.24) is 0 Å². The zero-order valence-electron chi connectivity index (χ0n) is 15.1. The summed E-state index contributed by atoms with van der Waals surface area (Å²) in [4.78, 5) is 0. The van der Waals surface area contributed by atoms with Crippen LogP contribution < -0.4 is 0 Å². The Morgan fingerprint density at radius 2 is 1.58 bits per heavy atom. The second-order valence-electron chi connectivity index (χ2n) is 9.13. The summed E-state index contributed by atoms with van der Waals surface area (Å²) >= 11 is 0. The SMILES string of the molecule is CC1(C)c2ccccc2C2=CC=C3C4=CC=CCC4C(C)(C)C3C21. The second kappa shape index (κ2) is 4.42. The van der Waals surface area contributed by atoms with E-state index in [2.05, 4.69) is 82.3 Å². The Kier molecular flexibility index (Phi) is 2.67. The molecule has 24 heavy (non-hydrogen) atoms. The van der Waals surface area contributed by atoms with Crippen LogP contribution in [0.25, 0.3) is 5.57 Å². The van der Waals surface area contributed by atoms with Crippen LogP contribution in [0.15, 0.2) is 65.8 Å². The summed E-state index contributed by atoms with van der Waals surface area (Å²) in [5.74, 6) is 1.89. The van der Waals surface area contributed by atoms with Crippen LogP contribution >= 0.6 is 0 Å². The summed E-state index contributed by atoms with van der Waals surface area (Å²) in [6.45, 7) is 9.95. The van der Waals surface area contributed by atoms with Crippen molar-refractivity contribution in [3.05, 3.63) is 76.9 Å². The monoisotopic (exact) mass is 314 g/mol. The number of hydrogen-bond donors (Lipinski definition) is 0. The molecule has 0 heterocycles. The lowest BCUT2D eigenvalue weighted by Gasteiger charge is -2.43. The highest BCUT2D eigenvalue weighted by molar-refractivity contribution is 5.81. The first-order chi connectivity index (χ1) is 11.4. The van der Waals surface area contributed by atoms with Crippen LogP contribution in [0.4, 0.5) is 0 Å². The van der Waals surface area contributed by atoms with Crippen LogP contribution in [0.1, 0.15) is 45.2 Å². The quantitative estimate of drug-likeness (QED) is 0.544. The molecule has 4 aliphatic carbocycles. The fourth-order valence-corrected chi connectivity index (χ4v) is 6.23. The summed E-state index contributed by atoms with van der Waals surface area (Å²) in [7, 11) is 0. The molecule has 0 heteroatoms. The third kappa shape index (κ3) is 1.55. The van der Waals surface area contributed by atoms with E-state index in [4.69, 9.17) is 0 Å². The largest absolute Gasteiger partial charge is 0.0839 e. The summed E-state index contributed by atoms with van der Waals surface area (Å²) in [5.41, 5.74) is 8.33. The zero-order valence-corrected chi connectivity index (χ0v) is 15.1. The van der Waals surface area contributed by atoms with Crippen LogP contribution in [0.3, 0.4) is 0 Å². The average molecular weight is 314 g/mol. The van der Waals surface area contributed by atoms with Gasteiger partial charge in [0.15, 0.2) is 0 Å². The van der Waals surface area contributed by atoms with Crippen molar-refractivity contribution in [3.63, 3.8) is 0 Å². The van der Waals surface area contributed by atoms with E-state index >= 15 is 0 Å². The van der Waals surface area contributed by atoms with Crippen molar-refractivity contribution >= 4 is 5.57 Å². The van der Waals surface area contributed by atoms with Crippen molar-refractivity contribution in [2.45, 2.75) is 39.5 Å². The first-order valence-electron chi connectivity index (χ1n) is 9.33. The molecule has 5 rings (SSSR count). The Bertz CT molecular complexity index is 854. The Morgan fingerprint density at radius 3 is 2.42 bits per heavy atom. The molecule has 0 saturated heterocycles. The highest BCUT2D eigenvalue weighted by Crippen LogP contribution is 2.67. The van der Waals surface area contributed by atoms with Gasteiger partial charge in [-0.15, -0.1) is 0 Å². The molecule has 122 valence electrons. The van der Waals surface area contributed by atoms with Crippen LogP contribution in [0.5, 0.6) is 0 Å². The van der Waals surface area contributed by atoms with E-state index in [0.29, 0.717) is 23.2 Å². The van der Waals surface area contributed by atoms with E-state index < -0.39 is 0 Å². The van der Waals surface area contributed by atoms with Gasteiger partial charge in [-0.25, -0.2) is 0 Å². The van der Waals surface area contributed by atoms with Gasteiger partial charge in [0, 0.05) is 5.92 Å². The lowest BCUT2D eigenvalue weighted by molar-refractivity contribution is 0.143. The fraction of sp³-hybridized carbons (Fsp3) is 0.417. The zero-order chi connectivity index (χ0) is 16.7. The van der Waals surface area contributed by atoms with Crippen LogP contribution in [0.2, 0.25) is 0 Å². The summed E-state index contributed by atoms with van der Waals surface area (Å²) < 4.78 is 0. The maximum atomic E-state index is 2.51. The van der Waals surface area contributed by atoms with E-state index in [-0.39, 0.29) is 5.41 Å². The molecule has 1 aromatic carbocycles. The Morgan fingerprint density at radius 1 is 0.833 bits per heavy atom. The minimum atomic E-state index is 0.200. The number of rotatable bonds is 0. The number of hydrogen-bond acceptors (Lipinski definition) is 0. The van der Waals surface area contributed by atoms with E-state index in [1.54, 1.807) is 16.7 Å². The summed E-state index contributed by atoms with van der Waals surface area (Å²) in [5, 5.41) is 0. The molecule has 0 nitrogen and oxygen atoms in total. The Hall–Kier alpha value is -1.82. The summed E-state index contributed by atoms with van der Waals surface area (Å²) in [6, 6.07) is 9.09. The van der Waals surface area contributed by atoms with E-state index in [0.717, 1.165) is 0 Å². The topological polar surface area (TPSA) is 0 Å². The van der Waals surface area contributed by atoms with Crippen molar-refractivity contribution in [3.8, 4) is 0 Å². The van der Waals surface area contributed by atoms with Gasteiger partial charge in [0.1, 0.15) is 0 Å². The molecule has 0 spiro atoms. The van der Waals surface area contributed by atoms with Gasteiger partial charge in [-0.2, -0.15) is 0 Å². The molecule has 0 N–H and O–H groups in total. The molecule has 0 aliphatic heterocycles.